The van der Waals surface area contributed by atoms with Gasteiger partial charge in [0.1, 0.15) is 6.42 Å². The lowest BCUT2D eigenvalue weighted by atomic mass is 10.1. The third kappa shape index (κ3) is 4.21. The van der Waals surface area contributed by atoms with Crippen molar-refractivity contribution in [3.05, 3.63) is 39.9 Å². The van der Waals surface area contributed by atoms with Crippen molar-refractivity contribution in [2.75, 3.05) is 7.11 Å². The third-order valence-corrected chi connectivity index (χ3v) is 2.81. The molecule has 0 heterocycles. The molecule has 3 nitrogen and oxygen atoms in total. The van der Waals surface area contributed by atoms with Gasteiger partial charge in [-0.05, 0) is 23.8 Å². The fraction of sp³-hybridized carbons (Fsp3) is 0.167. The Labute approximate surface area is 109 Å². The van der Waals surface area contributed by atoms with Crippen LogP contribution in [0.3, 0.4) is 0 Å². The summed E-state index contributed by atoms with van der Waals surface area (Å²) < 4.78 is 4.37. The monoisotopic (exact) mass is 272 g/mol. The number of rotatable bonds is 4. The van der Waals surface area contributed by atoms with Crippen LogP contribution in [0.4, 0.5) is 0 Å². The first-order valence-corrected chi connectivity index (χ1v) is 5.52. The highest BCUT2D eigenvalue weighted by Gasteiger charge is 2.06. The average Bonchev–Trinajstić information content (AvgIpc) is 2.31. The summed E-state index contributed by atoms with van der Waals surface area (Å²) in [5.41, 5.74) is 0.623. The predicted molar refractivity (Wildman–Crippen MR) is 67.1 cm³/mol. The van der Waals surface area contributed by atoms with Gasteiger partial charge in [0.15, 0.2) is 5.78 Å². The van der Waals surface area contributed by atoms with E-state index in [0.717, 1.165) is 0 Å². The molecule has 17 heavy (non-hydrogen) atoms. The number of hydrogen-bond donors (Lipinski definition) is 0. The van der Waals surface area contributed by atoms with Gasteiger partial charge in [-0.15, -0.1) is 0 Å². The second kappa shape index (κ2) is 6.42. The van der Waals surface area contributed by atoms with Crippen LogP contribution in [0, 0.1) is 0 Å². The SMILES string of the molecule is COC(=O)CC(=O)C=Cc1cccc(Cl)c1Cl. The number of halogens is 2. The Balaban J connectivity index is 2.74. The molecule has 0 saturated carbocycles. The Kier molecular flexibility index (Phi) is 5.19. The van der Waals surface area contributed by atoms with E-state index in [9.17, 15) is 9.59 Å². The lowest BCUT2D eigenvalue weighted by Crippen LogP contribution is -2.06. The van der Waals surface area contributed by atoms with Gasteiger partial charge in [0.25, 0.3) is 0 Å². The summed E-state index contributed by atoms with van der Waals surface area (Å²) >= 11 is 11.7. The van der Waals surface area contributed by atoms with Crippen molar-refractivity contribution >= 4 is 41.0 Å². The number of esters is 1. The van der Waals surface area contributed by atoms with Gasteiger partial charge >= 0.3 is 5.97 Å². The summed E-state index contributed by atoms with van der Waals surface area (Å²) in [7, 11) is 1.23. The molecule has 1 aromatic carbocycles. The van der Waals surface area contributed by atoms with Crippen LogP contribution in [0.1, 0.15) is 12.0 Å². The summed E-state index contributed by atoms with van der Waals surface area (Å²) in [6, 6.07) is 5.09. The Morgan fingerprint density at radius 3 is 2.71 bits per heavy atom. The average molecular weight is 273 g/mol. The zero-order valence-corrected chi connectivity index (χ0v) is 10.6. The molecule has 0 N–H and O–H groups in total. The summed E-state index contributed by atoms with van der Waals surface area (Å²) in [6.07, 6.45) is 2.50. The van der Waals surface area contributed by atoms with Crippen LogP contribution >= 0.6 is 23.2 Å². The van der Waals surface area contributed by atoms with E-state index in [1.165, 1.54) is 19.3 Å². The minimum atomic E-state index is -0.572. The molecule has 0 aliphatic rings. The van der Waals surface area contributed by atoms with Gasteiger partial charge in [0, 0.05) is 0 Å². The van der Waals surface area contributed by atoms with E-state index in [1.807, 2.05) is 0 Å². The lowest BCUT2D eigenvalue weighted by Gasteiger charge is -1.99. The first-order chi connectivity index (χ1) is 8.04. The zero-order chi connectivity index (χ0) is 12.8. The number of benzene rings is 1. The number of carbonyl (C=O) groups excluding carboxylic acids is 2. The molecule has 0 aliphatic carbocycles. The largest absolute Gasteiger partial charge is 0.469 e. The fourth-order valence-corrected chi connectivity index (χ4v) is 1.48. The molecule has 90 valence electrons. The molecule has 0 unspecified atom stereocenters. The van der Waals surface area contributed by atoms with Gasteiger partial charge in [-0.1, -0.05) is 35.3 Å². The molecule has 0 amide bonds. The Morgan fingerprint density at radius 1 is 1.35 bits per heavy atom. The van der Waals surface area contributed by atoms with Gasteiger partial charge in [-0.2, -0.15) is 0 Å². The minimum absolute atomic E-state index is 0.287. The highest BCUT2D eigenvalue weighted by molar-refractivity contribution is 6.42. The Bertz CT molecular complexity index is 467. The highest BCUT2D eigenvalue weighted by atomic mass is 35.5. The van der Waals surface area contributed by atoms with Gasteiger partial charge in [-0.25, -0.2) is 0 Å². The zero-order valence-electron chi connectivity index (χ0n) is 9.07. The summed E-state index contributed by atoms with van der Waals surface area (Å²) in [5.74, 6) is -0.926. The van der Waals surface area contributed by atoms with Crippen molar-refractivity contribution in [1.82, 2.24) is 0 Å². The molecule has 1 aromatic rings. The van der Waals surface area contributed by atoms with E-state index in [2.05, 4.69) is 4.74 Å². The summed E-state index contributed by atoms with van der Waals surface area (Å²) in [4.78, 5) is 22.1. The van der Waals surface area contributed by atoms with E-state index >= 15 is 0 Å². The van der Waals surface area contributed by atoms with Crippen molar-refractivity contribution in [1.29, 1.82) is 0 Å². The Hall–Kier alpha value is -1.32. The molecule has 0 bridgehead atoms. The van der Waals surface area contributed by atoms with Crippen molar-refractivity contribution in [3.63, 3.8) is 0 Å². The standard InChI is InChI=1S/C12H10Cl2O3/c1-17-11(16)7-9(15)6-5-8-3-2-4-10(13)12(8)14/h2-6H,7H2,1H3. The number of carbonyl (C=O) groups is 2. The van der Waals surface area contributed by atoms with E-state index in [-0.39, 0.29) is 12.2 Å². The van der Waals surface area contributed by atoms with E-state index in [4.69, 9.17) is 23.2 Å². The molecule has 1 rings (SSSR count). The van der Waals surface area contributed by atoms with Crippen LogP contribution in [-0.2, 0) is 14.3 Å². The molecule has 0 fully saturated rings. The Morgan fingerprint density at radius 2 is 2.06 bits per heavy atom. The van der Waals surface area contributed by atoms with Crippen LogP contribution < -0.4 is 0 Å². The summed E-state index contributed by atoms with van der Waals surface area (Å²) in [6.45, 7) is 0. The fourth-order valence-electron chi connectivity index (χ4n) is 1.11. The smallest absolute Gasteiger partial charge is 0.313 e. The first-order valence-electron chi connectivity index (χ1n) is 4.76. The molecule has 0 saturated heterocycles. The molecule has 0 aromatic heterocycles. The quantitative estimate of drug-likeness (QED) is 0.481. The lowest BCUT2D eigenvalue weighted by molar-refractivity contribution is -0.142. The maximum absolute atomic E-state index is 11.3. The second-order valence-electron chi connectivity index (χ2n) is 3.20. The van der Waals surface area contributed by atoms with Crippen LogP contribution in [0.15, 0.2) is 24.3 Å². The van der Waals surface area contributed by atoms with Gasteiger partial charge in [0.05, 0.1) is 17.2 Å². The molecule has 0 spiro atoms. The third-order valence-electron chi connectivity index (χ3n) is 1.98. The van der Waals surface area contributed by atoms with Crippen molar-refractivity contribution in [2.45, 2.75) is 6.42 Å². The number of ketones is 1. The molecule has 0 radical (unpaired) electrons. The minimum Gasteiger partial charge on any atom is -0.469 e. The maximum atomic E-state index is 11.3. The second-order valence-corrected chi connectivity index (χ2v) is 3.98. The van der Waals surface area contributed by atoms with Crippen molar-refractivity contribution in [2.24, 2.45) is 0 Å². The van der Waals surface area contributed by atoms with Gasteiger partial charge < -0.3 is 4.74 Å². The van der Waals surface area contributed by atoms with E-state index in [0.29, 0.717) is 15.6 Å². The number of methoxy groups -OCH3 is 1. The van der Waals surface area contributed by atoms with E-state index in [1.54, 1.807) is 18.2 Å². The topological polar surface area (TPSA) is 43.4 Å². The van der Waals surface area contributed by atoms with Crippen LogP contribution in [-0.4, -0.2) is 18.9 Å². The van der Waals surface area contributed by atoms with Crippen LogP contribution in [0.2, 0.25) is 10.0 Å². The van der Waals surface area contributed by atoms with Crippen LogP contribution in [0.5, 0.6) is 0 Å². The van der Waals surface area contributed by atoms with Gasteiger partial charge in [-0.3, -0.25) is 9.59 Å². The number of hydrogen-bond acceptors (Lipinski definition) is 3. The van der Waals surface area contributed by atoms with E-state index < -0.39 is 5.97 Å². The number of ether oxygens (including phenoxy) is 1. The van der Waals surface area contributed by atoms with Crippen molar-refractivity contribution in [3.8, 4) is 0 Å². The summed E-state index contributed by atoms with van der Waals surface area (Å²) in [5, 5.41) is 0.783. The molecule has 0 atom stereocenters. The number of allylic oxidation sites excluding steroid dienone is 1. The first kappa shape index (κ1) is 13.7. The van der Waals surface area contributed by atoms with Crippen LogP contribution in [0.25, 0.3) is 6.08 Å². The van der Waals surface area contributed by atoms with Crippen molar-refractivity contribution < 1.29 is 14.3 Å². The molecule has 5 heteroatoms. The predicted octanol–water partition coefficient (Wildman–Crippen LogP) is 3.14. The highest BCUT2D eigenvalue weighted by Crippen LogP contribution is 2.26. The molecular weight excluding hydrogens is 263 g/mol. The maximum Gasteiger partial charge on any atom is 0.313 e. The van der Waals surface area contributed by atoms with Gasteiger partial charge in [0.2, 0.25) is 0 Å². The molecular formula is C12H10Cl2O3. The normalized spacial score (nSPS) is 10.5. The molecule has 0 aliphatic heterocycles.